The van der Waals surface area contributed by atoms with Crippen molar-refractivity contribution in [1.82, 2.24) is 0 Å². The summed E-state index contributed by atoms with van der Waals surface area (Å²) in [6.45, 7) is 12.9. The third-order valence-electron chi connectivity index (χ3n) is 6.14. The van der Waals surface area contributed by atoms with Gasteiger partial charge in [-0.3, -0.25) is 4.79 Å². The van der Waals surface area contributed by atoms with Gasteiger partial charge in [0, 0.05) is 18.6 Å². The van der Waals surface area contributed by atoms with E-state index in [1.54, 1.807) is 0 Å². The number of hydrogen-bond donors (Lipinski definition) is 0. The van der Waals surface area contributed by atoms with E-state index in [1.165, 1.54) is 26.2 Å². The number of ether oxygens (including phenoxy) is 3. The third-order valence-corrected chi connectivity index (χ3v) is 6.14. The first-order valence-corrected chi connectivity index (χ1v) is 13.6. The lowest BCUT2D eigenvalue weighted by atomic mass is 9.79. The monoisotopic (exact) mass is 504 g/mol. The highest BCUT2D eigenvalue weighted by atomic mass is 16.6. The van der Waals surface area contributed by atoms with E-state index in [2.05, 4.69) is 20.8 Å². The Kier molecular flexibility index (Phi) is 12.8. The van der Waals surface area contributed by atoms with Crippen molar-refractivity contribution in [2.45, 2.75) is 92.3 Å². The first-order chi connectivity index (χ1) is 17.9. The van der Waals surface area contributed by atoms with Crippen LogP contribution in [0.5, 0.6) is 17.2 Å². The van der Waals surface area contributed by atoms with Gasteiger partial charge in [0.05, 0.1) is 0 Å². The highest BCUT2D eigenvalue weighted by Gasteiger charge is 2.29. The molecular formula is C33H44O4. The van der Waals surface area contributed by atoms with Crippen LogP contribution in [0.3, 0.4) is 0 Å². The Labute approximate surface area is 224 Å². The number of benzene rings is 3. The second-order valence-corrected chi connectivity index (χ2v) is 9.63. The molecule has 3 rings (SSSR count). The summed E-state index contributed by atoms with van der Waals surface area (Å²) in [6.07, 6.45) is 5.68. The summed E-state index contributed by atoms with van der Waals surface area (Å²) >= 11 is 0. The van der Waals surface area contributed by atoms with Crippen LogP contribution in [0.15, 0.2) is 72.8 Å². The van der Waals surface area contributed by atoms with E-state index in [0.717, 1.165) is 29.5 Å². The molecule has 0 unspecified atom stereocenters. The van der Waals surface area contributed by atoms with Crippen molar-refractivity contribution in [3.05, 3.63) is 89.5 Å². The summed E-state index contributed by atoms with van der Waals surface area (Å²) in [7, 11) is 0. The Morgan fingerprint density at radius 1 is 0.784 bits per heavy atom. The molecule has 0 heterocycles. The van der Waals surface area contributed by atoms with Crippen LogP contribution in [-0.4, -0.2) is 5.97 Å². The molecule has 0 atom stereocenters. The van der Waals surface area contributed by atoms with Gasteiger partial charge in [-0.05, 0) is 29.0 Å². The van der Waals surface area contributed by atoms with Crippen molar-refractivity contribution < 1.29 is 19.0 Å². The Hall–Kier alpha value is -3.27. The van der Waals surface area contributed by atoms with Gasteiger partial charge in [-0.25, -0.2) is 0 Å². The summed E-state index contributed by atoms with van der Waals surface area (Å²) < 4.78 is 18.2. The molecule has 0 fully saturated rings. The molecule has 4 heteroatoms. The maximum atomic E-state index is 12.1. The minimum atomic E-state index is -0.365. The summed E-state index contributed by atoms with van der Waals surface area (Å²) in [6, 6.07) is 23.9. The highest BCUT2D eigenvalue weighted by Crippen LogP contribution is 2.44. The van der Waals surface area contributed by atoms with Crippen LogP contribution < -0.4 is 14.2 Å². The largest absolute Gasteiger partial charge is 0.489 e. The summed E-state index contributed by atoms with van der Waals surface area (Å²) in [5.41, 5.74) is 2.83. The zero-order valence-electron chi connectivity index (χ0n) is 23.5. The van der Waals surface area contributed by atoms with Crippen molar-refractivity contribution in [2.75, 3.05) is 0 Å². The lowest BCUT2D eigenvalue weighted by Gasteiger charge is -2.29. The van der Waals surface area contributed by atoms with Gasteiger partial charge in [-0.15, -0.1) is 0 Å². The molecule has 0 aliphatic heterocycles. The van der Waals surface area contributed by atoms with E-state index in [0.29, 0.717) is 30.5 Å². The maximum absolute atomic E-state index is 12.1. The molecule has 0 N–H and O–H groups in total. The molecule has 3 aromatic rings. The van der Waals surface area contributed by atoms with Gasteiger partial charge in [0.1, 0.15) is 19.0 Å². The molecule has 4 nitrogen and oxygen atoms in total. The predicted molar refractivity (Wildman–Crippen MR) is 152 cm³/mol. The molecule has 0 saturated heterocycles. The quantitative estimate of drug-likeness (QED) is 0.132. The molecule has 0 radical (unpaired) electrons. The highest BCUT2D eigenvalue weighted by molar-refractivity contribution is 5.72. The molecular weight excluding hydrogens is 460 g/mol. The molecule has 0 spiro atoms. The van der Waals surface area contributed by atoms with Crippen LogP contribution in [0.25, 0.3) is 0 Å². The first kappa shape index (κ1) is 30.0. The van der Waals surface area contributed by atoms with E-state index in [4.69, 9.17) is 14.2 Å². The minimum absolute atomic E-state index is 0.227. The summed E-state index contributed by atoms with van der Waals surface area (Å²) in [5.74, 6) is 1.34. The van der Waals surface area contributed by atoms with Crippen LogP contribution in [0.4, 0.5) is 0 Å². The number of carbonyl (C=O) groups excluding carboxylic acids is 1. The fraction of sp³-hybridized carbons (Fsp3) is 0.424. The molecule has 37 heavy (non-hydrogen) atoms. The van der Waals surface area contributed by atoms with Crippen LogP contribution in [0.1, 0.15) is 90.3 Å². The second-order valence-electron chi connectivity index (χ2n) is 9.63. The Balaban J connectivity index is 0.00000235. The van der Waals surface area contributed by atoms with Crippen molar-refractivity contribution in [2.24, 2.45) is 0 Å². The molecule has 0 aliphatic rings. The van der Waals surface area contributed by atoms with E-state index in [-0.39, 0.29) is 11.4 Å². The average molecular weight is 505 g/mol. The van der Waals surface area contributed by atoms with Crippen molar-refractivity contribution in [1.29, 1.82) is 0 Å². The van der Waals surface area contributed by atoms with Gasteiger partial charge < -0.3 is 14.2 Å². The fourth-order valence-corrected chi connectivity index (χ4v) is 4.12. The number of carbonyl (C=O) groups is 1. The number of rotatable bonds is 13. The van der Waals surface area contributed by atoms with E-state index >= 15 is 0 Å². The molecule has 0 bridgehead atoms. The average Bonchev–Trinajstić information content (AvgIpc) is 2.91. The second kappa shape index (κ2) is 15.8. The number of hydrogen-bond acceptors (Lipinski definition) is 4. The Morgan fingerprint density at radius 3 is 1.89 bits per heavy atom. The van der Waals surface area contributed by atoms with Gasteiger partial charge >= 0.3 is 5.97 Å². The zero-order chi connectivity index (χ0) is 27.1. The topological polar surface area (TPSA) is 44.8 Å². The SMILES string of the molecule is CC.CCCCCCC(C)(C)c1cc(OCc2ccccc2)cc(OCc2ccccc2)c1OC(C)=O. The predicted octanol–water partition coefficient (Wildman–Crippen LogP) is 9.04. The molecule has 0 aliphatic carbocycles. The minimum Gasteiger partial charge on any atom is -0.489 e. The summed E-state index contributed by atoms with van der Waals surface area (Å²) in [5, 5.41) is 0. The molecule has 200 valence electrons. The normalized spacial score (nSPS) is 10.8. The zero-order valence-corrected chi connectivity index (χ0v) is 23.5. The van der Waals surface area contributed by atoms with Crippen LogP contribution in [-0.2, 0) is 23.4 Å². The van der Waals surface area contributed by atoms with Gasteiger partial charge in [-0.1, -0.05) is 121 Å². The maximum Gasteiger partial charge on any atom is 0.308 e. The number of unbranched alkanes of at least 4 members (excludes halogenated alkanes) is 3. The molecule has 0 saturated carbocycles. The van der Waals surface area contributed by atoms with Crippen LogP contribution in [0, 0.1) is 0 Å². The molecule has 0 amide bonds. The molecule has 0 aromatic heterocycles. The van der Waals surface area contributed by atoms with Crippen molar-refractivity contribution in [3.8, 4) is 17.2 Å². The fourth-order valence-electron chi connectivity index (χ4n) is 4.12. The van der Waals surface area contributed by atoms with E-state index < -0.39 is 0 Å². The van der Waals surface area contributed by atoms with Gasteiger partial charge in [0.2, 0.25) is 0 Å². The van der Waals surface area contributed by atoms with Crippen LogP contribution in [0.2, 0.25) is 0 Å². The Morgan fingerprint density at radius 2 is 1.35 bits per heavy atom. The van der Waals surface area contributed by atoms with Gasteiger partial charge in [0.15, 0.2) is 11.5 Å². The lowest BCUT2D eigenvalue weighted by Crippen LogP contribution is -2.20. The Bertz CT molecular complexity index is 1060. The number of esters is 1. The van der Waals surface area contributed by atoms with Gasteiger partial charge in [0.25, 0.3) is 0 Å². The first-order valence-electron chi connectivity index (χ1n) is 13.6. The van der Waals surface area contributed by atoms with Crippen molar-refractivity contribution >= 4 is 5.97 Å². The van der Waals surface area contributed by atoms with E-state index in [1.807, 2.05) is 86.6 Å². The lowest BCUT2D eigenvalue weighted by molar-refractivity contribution is -0.132. The van der Waals surface area contributed by atoms with Crippen molar-refractivity contribution in [3.63, 3.8) is 0 Å². The standard InChI is InChI=1S/C31H38O4.C2H6/c1-5-6-7-14-19-31(3,4)28-20-27(33-22-25-15-10-8-11-16-25)21-29(30(28)35-24(2)32)34-23-26-17-12-9-13-18-26;1-2/h8-13,15-18,20-21H,5-7,14,19,22-23H2,1-4H3;1-2H3. The van der Waals surface area contributed by atoms with E-state index in [9.17, 15) is 4.79 Å². The molecule has 3 aromatic carbocycles. The van der Waals surface area contributed by atoms with Gasteiger partial charge in [-0.2, -0.15) is 0 Å². The summed E-state index contributed by atoms with van der Waals surface area (Å²) in [4.78, 5) is 12.1. The third kappa shape index (κ3) is 9.95. The van der Waals surface area contributed by atoms with Crippen LogP contribution >= 0.6 is 0 Å². The smallest absolute Gasteiger partial charge is 0.308 e.